The number of benzene rings is 1. The zero-order valence-electron chi connectivity index (χ0n) is 10.4. The number of aliphatic carboxylic acids is 1. The average molecular weight is 292 g/mol. The van der Waals surface area contributed by atoms with Crippen molar-refractivity contribution in [3.8, 4) is 0 Å². The van der Waals surface area contributed by atoms with Crippen LogP contribution in [0, 0.1) is 5.82 Å². The largest absolute Gasteiger partial charge is 0.478 e. The van der Waals surface area contributed by atoms with Crippen molar-refractivity contribution in [2.75, 3.05) is 0 Å². The molecule has 1 atom stereocenters. The second-order valence-corrected chi connectivity index (χ2v) is 4.02. The highest BCUT2D eigenvalue weighted by atomic mass is 19.4. The number of carboxylic acids is 1. The van der Waals surface area contributed by atoms with Crippen molar-refractivity contribution in [2.24, 2.45) is 0 Å². The molecule has 0 aliphatic rings. The average Bonchev–Trinajstić information content (AvgIpc) is 2.34. The van der Waals surface area contributed by atoms with Crippen LogP contribution in [0.1, 0.15) is 18.1 Å². The molecule has 110 valence electrons. The van der Waals surface area contributed by atoms with Crippen molar-refractivity contribution >= 4 is 12.0 Å². The lowest BCUT2D eigenvalue weighted by Gasteiger charge is -2.16. The quantitative estimate of drug-likeness (QED) is 0.668. The highest BCUT2D eigenvalue weighted by molar-refractivity contribution is 5.85. The molecule has 20 heavy (non-hydrogen) atoms. The number of ether oxygens (including phenoxy) is 1. The Morgan fingerprint density at radius 2 is 2.10 bits per heavy atom. The summed E-state index contributed by atoms with van der Waals surface area (Å²) in [7, 11) is 0. The van der Waals surface area contributed by atoms with Crippen LogP contribution in [-0.2, 0) is 16.1 Å². The van der Waals surface area contributed by atoms with Crippen LogP contribution in [0.3, 0.4) is 0 Å². The molecule has 0 amide bonds. The SMILES string of the molecule is CC(OCc1ccc(F)c(C=CC(=O)O)c1)C(F)(F)F. The zero-order valence-corrected chi connectivity index (χ0v) is 10.4. The van der Waals surface area contributed by atoms with E-state index in [0.717, 1.165) is 25.1 Å². The first-order chi connectivity index (χ1) is 9.20. The summed E-state index contributed by atoms with van der Waals surface area (Å²) in [5.74, 6) is -1.92. The first kappa shape index (κ1) is 16.2. The highest BCUT2D eigenvalue weighted by Gasteiger charge is 2.36. The predicted octanol–water partition coefficient (Wildman–Crippen LogP) is 3.39. The third-order valence-electron chi connectivity index (χ3n) is 2.43. The van der Waals surface area contributed by atoms with E-state index in [1.807, 2.05) is 0 Å². The van der Waals surface area contributed by atoms with Gasteiger partial charge in [-0.2, -0.15) is 13.2 Å². The lowest BCUT2D eigenvalue weighted by molar-refractivity contribution is -0.217. The van der Waals surface area contributed by atoms with E-state index in [0.29, 0.717) is 5.56 Å². The molecular weight excluding hydrogens is 280 g/mol. The van der Waals surface area contributed by atoms with Crippen LogP contribution in [0.4, 0.5) is 17.6 Å². The van der Waals surface area contributed by atoms with Gasteiger partial charge in [0.05, 0.1) is 6.61 Å². The van der Waals surface area contributed by atoms with E-state index in [9.17, 15) is 22.4 Å². The molecule has 1 rings (SSSR count). The molecule has 7 heteroatoms. The van der Waals surface area contributed by atoms with E-state index in [1.54, 1.807) is 0 Å². The summed E-state index contributed by atoms with van der Waals surface area (Å²) in [6.07, 6.45) is -4.65. The molecule has 0 spiro atoms. The van der Waals surface area contributed by atoms with Gasteiger partial charge in [-0.1, -0.05) is 6.07 Å². The lowest BCUT2D eigenvalue weighted by atomic mass is 10.1. The van der Waals surface area contributed by atoms with Gasteiger partial charge in [0.2, 0.25) is 0 Å². The Morgan fingerprint density at radius 1 is 1.45 bits per heavy atom. The smallest absolute Gasteiger partial charge is 0.414 e. The summed E-state index contributed by atoms with van der Waals surface area (Å²) in [5, 5.41) is 8.44. The van der Waals surface area contributed by atoms with E-state index in [1.165, 1.54) is 12.1 Å². The third-order valence-corrected chi connectivity index (χ3v) is 2.43. The van der Waals surface area contributed by atoms with Crippen LogP contribution in [0.2, 0.25) is 0 Å². The van der Waals surface area contributed by atoms with Gasteiger partial charge in [0.15, 0.2) is 6.10 Å². The zero-order chi connectivity index (χ0) is 15.3. The molecule has 3 nitrogen and oxygen atoms in total. The molecule has 0 saturated heterocycles. The minimum Gasteiger partial charge on any atom is -0.478 e. The first-order valence-corrected chi connectivity index (χ1v) is 5.58. The number of rotatable bonds is 5. The number of hydrogen-bond acceptors (Lipinski definition) is 2. The molecule has 1 aromatic rings. The van der Waals surface area contributed by atoms with E-state index in [2.05, 4.69) is 4.74 Å². The fourth-order valence-electron chi connectivity index (χ4n) is 1.29. The molecule has 1 N–H and O–H groups in total. The highest BCUT2D eigenvalue weighted by Crippen LogP contribution is 2.23. The van der Waals surface area contributed by atoms with Gasteiger partial charge in [0.1, 0.15) is 5.82 Å². The van der Waals surface area contributed by atoms with Crippen molar-refractivity contribution in [3.63, 3.8) is 0 Å². The number of alkyl halides is 3. The number of hydrogen-bond donors (Lipinski definition) is 1. The number of carboxylic acid groups (broad SMARTS) is 1. The maximum atomic E-state index is 13.3. The molecule has 0 aliphatic heterocycles. The van der Waals surface area contributed by atoms with Crippen LogP contribution < -0.4 is 0 Å². The summed E-state index contributed by atoms with van der Waals surface area (Å²) in [6, 6.07) is 3.55. The molecule has 1 unspecified atom stereocenters. The maximum Gasteiger partial charge on any atom is 0.414 e. The molecule has 0 heterocycles. The Morgan fingerprint density at radius 3 is 2.65 bits per heavy atom. The lowest BCUT2D eigenvalue weighted by Crippen LogP contribution is -2.28. The predicted molar refractivity (Wildman–Crippen MR) is 63.4 cm³/mol. The Balaban J connectivity index is 2.78. The molecule has 1 aromatic carbocycles. The van der Waals surface area contributed by atoms with Crippen molar-refractivity contribution in [2.45, 2.75) is 25.8 Å². The number of halogens is 4. The van der Waals surface area contributed by atoms with E-state index < -0.39 is 24.1 Å². The standard InChI is InChI=1S/C13H12F4O3/c1-8(13(15,16)17)20-7-9-2-4-11(14)10(6-9)3-5-12(18)19/h2-6,8H,7H2,1H3,(H,18,19). The van der Waals surface area contributed by atoms with Gasteiger partial charge in [-0.25, -0.2) is 9.18 Å². The summed E-state index contributed by atoms with van der Waals surface area (Å²) >= 11 is 0. The van der Waals surface area contributed by atoms with Gasteiger partial charge < -0.3 is 9.84 Å². The van der Waals surface area contributed by atoms with E-state index in [-0.39, 0.29) is 12.2 Å². The normalized spacial score (nSPS) is 13.7. The maximum absolute atomic E-state index is 13.3. The minimum atomic E-state index is -4.47. The van der Waals surface area contributed by atoms with E-state index >= 15 is 0 Å². The van der Waals surface area contributed by atoms with Gasteiger partial charge in [-0.3, -0.25) is 0 Å². The second-order valence-electron chi connectivity index (χ2n) is 4.02. The van der Waals surface area contributed by atoms with Crippen LogP contribution >= 0.6 is 0 Å². The molecule has 0 aliphatic carbocycles. The fraction of sp³-hybridized carbons (Fsp3) is 0.308. The summed E-state index contributed by atoms with van der Waals surface area (Å²) < 4.78 is 54.7. The molecule has 0 fully saturated rings. The molecule has 0 radical (unpaired) electrons. The first-order valence-electron chi connectivity index (χ1n) is 5.58. The number of carbonyl (C=O) groups is 1. The Hall–Kier alpha value is -1.89. The van der Waals surface area contributed by atoms with Crippen LogP contribution in [0.25, 0.3) is 6.08 Å². The van der Waals surface area contributed by atoms with Crippen molar-refractivity contribution < 1.29 is 32.2 Å². The summed E-state index contributed by atoms with van der Waals surface area (Å²) in [4.78, 5) is 10.3. The molecule has 0 aromatic heterocycles. The van der Waals surface area contributed by atoms with Gasteiger partial charge >= 0.3 is 12.1 Å². The van der Waals surface area contributed by atoms with Crippen LogP contribution in [-0.4, -0.2) is 23.4 Å². The van der Waals surface area contributed by atoms with Crippen LogP contribution in [0.15, 0.2) is 24.3 Å². The molecular formula is C13H12F4O3. The Bertz CT molecular complexity index is 509. The Kier molecular flexibility index (Phi) is 5.26. The van der Waals surface area contributed by atoms with Crippen molar-refractivity contribution in [3.05, 3.63) is 41.2 Å². The molecule has 0 saturated carbocycles. The van der Waals surface area contributed by atoms with Crippen molar-refractivity contribution in [1.82, 2.24) is 0 Å². The topological polar surface area (TPSA) is 46.5 Å². The summed E-state index contributed by atoms with van der Waals surface area (Å²) in [6.45, 7) is 0.517. The van der Waals surface area contributed by atoms with Gasteiger partial charge in [-0.15, -0.1) is 0 Å². The van der Waals surface area contributed by atoms with Crippen molar-refractivity contribution in [1.29, 1.82) is 0 Å². The van der Waals surface area contributed by atoms with Crippen LogP contribution in [0.5, 0.6) is 0 Å². The molecule has 0 bridgehead atoms. The Labute approximate surface area is 112 Å². The van der Waals surface area contributed by atoms with Gasteiger partial charge in [0.25, 0.3) is 0 Å². The monoisotopic (exact) mass is 292 g/mol. The van der Waals surface area contributed by atoms with E-state index in [4.69, 9.17) is 5.11 Å². The fourth-order valence-corrected chi connectivity index (χ4v) is 1.29. The minimum absolute atomic E-state index is 0.0341. The third kappa shape index (κ3) is 5.00. The van der Waals surface area contributed by atoms with Gasteiger partial charge in [0, 0.05) is 11.6 Å². The van der Waals surface area contributed by atoms with Gasteiger partial charge in [-0.05, 0) is 30.7 Å². The second kappa shape index (κ2) is 6.51. The summed E-state index contributed by atoms with van der Waals surface area (Å²) in [5.41, 5.74) is 0.278.